The predicted octanol–water partition coefficient (Wildman–Crippen LogP) is 3.57. The Bertz CT molecular complexity index is 798. The van der Waals surface area contributed by atoms with Crippen LogP contribution >= 0.6 is 23.2 Å². The molecule has 1 saturated heterocycles. The summed E-state index contributed by atoms with van der Waals surface area (Å²) in [5, 5.41) is 11.9. The van der Waals surface area contributed by atoms with E-state index in [1.165, 1.54) is 0 Å². The highest BCUT2D eigenvalue weighted by molar-refractivity contribution is 6.35. The molecule has 2 aromatic rings. The fourth-order valence-electron chi connectivity index (χ4n) is 3.79. The fraction of sp³-hybridized carbons (Fsp3) is 0.444. The monoisotopic (exact) mass is 378 g/mol. The minimum atomic E-state index is 0.103. The van der Waals surface area contributed by atoms with Gasteiger partial charge in [-0.2, -0.15) is 5.10 Å². The molecule has 2 fully saturated rings. The van der Waals surface area contributed by atoms with E-state index in [9.17, 15) is 4.79 Å². The van der Waals surface area contributed by atoms with Crippen LogP contribution in [0.2, 0.25) is 10.0 Å². The van der Waals surface area contributed by atoms with E-state index in [0.29, 0.717) is 22.4 Å². The van der Waals surface area contributed by atoms with Crippen LogP contribution < -0.4 is 10.6 Å². The van der Waals surface area contributed by atoms with Crippen LogP contribution in [-0.2, 0) is 11.3 Å². The second kappa shape index (κ2) is 6.63. The molecular formula is C18H20Cl2N4O. The van der Waals surface area contributed by atoms with Crippen molar-refractivity contribution in [2.45, 2.75) is 25.8 Å². The number of anilines is 1. The van der Waals surface area contributed by atoms with Crippen LogP contribution in [0.15, 0.2) is 30.5 Å². The van der Waals surface area contributed by atoms with Gasteiger partial charge in [0.25, 0.3) is 0 Å². The molecule has 1 spiro atoms. The molecule has 132 valence electrons. The number of aromatic nitrogens is 2. The molecule has 0 bridgehead atoms. The van der Waals surface area contributed by atoms with Gasteiger partial charge >= 0.3 is 0 Å². The lowest BCUT2D eigenvalue weighted by Crippen LogP contribution is -2.31. The summed E-state index contributed by atoms with van der Waals surface area (Å²) in [6.07, 6.45) is 4.86. The quantitative estimate of drug-likeness (QED) is 0.854. The lowest BCUT2D eigenvalue weighted by Gasteiger charge is -2.23. The maximum Gasteiger partial charge on any atom is 0.229 e. The molecule has 2 heterocycles. The number of halogens is 2. The molecule has 25 heavy (non-hydrogen) atoms. The number of rotatable bonds is 4. The highest BCUT2D eigenvalue weighted by atomic mass is 35.5. The van der Waals surface area contributed by atoms with Crippen molar-refractivity contribution in [2.24, 2.45) is 11.3 Å². The number of amides is 1. The van der Waals surface area contributed by atoms with Crippen molar-refractivity contribution in [3.8, 4) is 0 Å². The third-order valence-electron chi connectivity index (χ3n) is 5.41. The summed E-state index contributed by atoms with van der Waals surface area (Å²) < 4.78 is 1.75. The van der Waals surface area contributed by atoms with Gasteiger partial charge in [0, 0.05) is 22.0 Å². The Kier molecular flexibility index (Phi) is 4.48. The number of piperidine rings is 1. The summed E-state index contributed by atoms with van der Waals surface area (Å²) in [6, 6.07) is 7.21. The van der Waals surface area contributed by atoms with E-state index in [2.05, 4.69) is 15.7 Å². The SMILES string of the molecule is O=C(Nc1ccnn1Cc1ccc(Cl)cc1Cl)C1CC12CCNCC2. The smallest absolute Gasteiger partial charge is 0.229 e. The van der Waals surface area contributed by atoms with Crippen molar-refractivity contribution in [2.75, 3.05) is 18.4 Å². The van der Waals surface area contributed by atoms with Crippen molar-refractivity contribution in [1.29, 1.82) is 0 Å². The number of carbonyl (C=O) groups excluding carboxylic acids is 1. The molecule has 0 radical (unpaired) electrons. The first-order chi connectivity index (χ1) is 12.1. The second-order valence-electron chi connectivity index (χ2n) is 6.97. The lowest BCUT2D eigenvalue weighted by atomic mass is 9.92. The Morgan fingerprint density at radius 1 is 1.32 bits per heavy atom. The average molecular weight is 379 g/mol. The molecule has 1 aromatic heterocycles. The van der Waals surface area contributed by atoms with E-state index in [0.717, 1.165) is 37.9 Å². The molecule has 2 aliphatic rings. The molecule has 7 heteroatoms. The summed E-state index contributed by atoms with van der Waals surface area (Å²) in [5.41, 5.74) is 1.13. The van der Waals surface area contributed by atoms with Crippen LogP contribution in [0.1, 0.15) is 24.8 Å². The summed E-state index contributed by atoms with van der Waals surface area (Å²) in [6.45, 7) is 2.51. The second-order valence-corrected chi connectivity index (χ2v) is 7.81. The Hall–Kier alpha value is -1.56. The van der Waals surface area contributed by atoms with Gasteiger partial charge in [0.2, 0.25) is 5.91 Å². The Balaban J connectivity index is 1.44. The van der Waals surface area contributed by atoms with Gasteiger partial charge < -0.3 is 10.6 Å². The minimum Gasteiger partial charge on any atom is -0.317 e. The normalized spacial score (nSPS) is 21.3. The minimum absolute atomic E-state index is 0.103. The maximum absolute atomic E-state index is 12.6. The van der Waals surface area contributed by atoms with Gasteiger partial charge in [0.1, 0.15) is 5.82 Å². The van der Waals surface area contributed by atoms with Crippen molar-refractivity contribution >= 4 is 34.9 Å². The fourth-order valence-corrected chi connectivity index (χ4v) is 4.25. The van der Waals surface area contributed by atoms with E-state index in [-0.39, 0.29) is 17.2 Å². The molecule has 1 aliphatic heterocycles. The zero-order valence-corrected chi connectivity index (χ0v) is 15.3. The molecular weight excluding hydrogens is 359 g/mol. The maximum atomic E-state index is 12.6. The molecule has 1 atom stereocenters. The zero-order chi connectivity index (χ0) is 17.4. The van der Waals surface area contributed by atoms with E-state index in [1.807, 2.05) is 12.1 Å². The van der Waals surface area contributed by atoms with E-state index < -0.39 is 0 Å². The summed E-state index contributed by atoms with van der Waals surface area (Å²) in [7, 11) is 0. The topological polar surface area (TPSA) is 59.0 Å². The molecule has 1 aromatic carbocycles. The number of nitrogens with zero attached hydrogens (tertiary/aromatic N) is 2. The standard InChI is InChI=1S/C18H20Cl2N4O/c19-13-2-1-12(15(20)9-13)11-24-16(3-6-22-24)23-17(25)14-10-18(14)4-7-21-8-5-18/h1-3,6,9,14,21H,4-5,7-8,10-11H2,(H,23,25). The van der Waals surface area contributed by atoms with Gasteiger partial charge in [-0.05, 0) is 55.5 Å². The van der Waals surface area contributed by atoms with E-state index in [1.54, 1.807) is 23.0 Å². The summed E-state index contributed by atoms with van der Waals surface area (Å²) >= 11 is 12.2. The first kappa shape index (κ1) is 16.9. The van der Waals surface area contributed by atoms with Crippen LogP contribution in [0.4, 0.5) is 5.82 Å². The largest absolute Gasteiger partial charge is 0.317 e. The molecule has 5 nitrogen and oxygen atoms in total. The molecule has 1 aliphatic carbocycles. The molecule has 2 N–H and O–H groups in total. The van der Waals surface area contributed by atoms with Crippen LogP contribution in [0, 0.1) is 11.3 Å². The lowest BCUT2D eigenvalue weighted by molar-refractivity contribution is -0.118. The number of carbonyl (C=O) groups is 1. The number of nitrogens with one attached hydrogen (secondary N) is 2. The highest BCUT2D eigenvalue weighted by Gasteiger charge is 2.57. The third kappa shape index (κ3) is 3.41. The van der Waals surface area contributed by atoms with Crippen LogP contribution in [0.5, 0.6) is 0 Å². The summed E-state index contributed by atoms with van der Waals surface area (Å²) in [4.78, 5) is 12.6. The molecule has 4 rings (SSSR count). The average Bonchev–Trinajstić information content (AvgIpc) is 3.10. The molecule has 1 amide bonds. The van der Waals surface area contributed by atoms with Gasteiger partial charge in [0.15, 0.2) is 0 Å². The van der Waals surface area contributed by atoms with Crippen molar-refractivity contribution in [1.82, 2.24) is 15.1 Å². The van der Waals surface area contributed by atoms with E-state index >= 15 is 0 Å². The highest BCUT2D eigenvalue weighted by Crippen LogP contribution is 2.58. The van der Waals surface area contributed by atoms with Gasteiger partial charge in [-0.3, -0.25) is 4.79 Å². The first-order valence-electron chi connectivity index (χ1n) is 8.55. The van der Waals surface area contributed by atoms with Gasteiger partial charge in [-0.1, -0.05) is 29.3 Å². The van der Waals surface area contributed by atoms with Crippen molar-refractivity contribution in [3.63, 3.8) is 0 Å². The van der Waals surface area contributed by atoms with Gasteiger partial charge in [-0.15, -0.1) is 0 Å². The van der Waals surface area contributed by atoms with E-state index in [4.69, 9.17) is 23.2 Å². The molecule has 1 saturated carbocycles. The van der Waals surface area contributed by atoms with Crippen molar-refractivity contribution < 1.29 is 4.79 Å². The Labute approximate surface area is 156 Å². The number of hydrogen-bond acceptors (Lipinski definition) is 3. The predicted molar refractivity (Wildman–Crippen MR) is 99.1 cm³/mol. The Morgan fingerprint density at radius 2 is 2.12 bits per heavy atom. The first-order valence-corrected chi connectivity index (χ1v) is 9.30. The van der Waals surface area contributed by atoms with Crippen LogP contribution in [-0.4, -0.2) is 28.8 Å². The summed E-state index contributed by atoms with van der Waals surface area (Å²) in [5.74, 6) is 0.926. The van der Waals surface area contributed by atoms with Gasteiger partial charge in [0.05, 0.1) is 12.7 Å². The molecule has 1 unspecified atom stereocenters. The Morgan fingerprint density at radius 3 is 2.88 bits per heavy atom. The van der Waals surface area contributed by atoms with Crippen LogP contribution in [0.3, 0.4) is 0 Å². The van der Waals surface area contributed by atoms with Gasteiger partial charge in [-0.25, -0.2) is 4.68 Å². The number of hydrogen-bond donors (Lipinski definition) is 2. The zero-order valence-electron chi connectivity index (χ0n) is 13.8. The van der Waals surface area contributed by atoms with Crippen molar-refractivity contribution in [3.05, 3.63) is 46.1 Å². The number of benzene rings is 1. The third-order valence-corrected chi connectivity index (χ3v) is 6.00. The van der Waals surface area contributed by atoms with Crippen LogP contribution in [0.25, 0.3) is 0 Å².